The average molecular weight is 556 g/mol. The lowest BCUT2D eigenvalue weighted by atomic mass is 10.2. The number of amidine groups is 1. The minimum atomic E-state index is -0.574. The van der Waals surface area contributed by atoms with Gasteiger partial charge in [0.1, 0.15) is 12.5 Å². The van der Waals surface area contributed by atoms with Crippen molar-refractivity contribution in [2.75, 3.05) is 33.0 Å². The molecular formula is C31H42FN3O5. The molecular weight excluding hydrogens is 513 g/mol. The minimum Gasteiger partial charge on any atom is -0.499 e. The molecule has 0 bridgehead atoms. The molecule has 8 nitrogen and oxygen atoms in total. The zero-order valence-corrected chi connectivity index (χ0v) is 24.2. The van der Waals surface area contributed by atoms with E-state index in [4.69, 9.17) is 9.47 Å². The molecule has 0 radical (unpaired) electrons. The van der Waals surface area contributed by atoms with Gasteiger partial charge in [-0.15, -0.1) is 0 Å². The lowest BCUT2D eigenvalue weighted by Gasteiger charge is -2.27. The van der Waals surface area contributed by atoms with Crippen LogP contribution in [-0.2, 0) is 23.9 Å². The molecule has 3 amide bonds. The van der Waals surface area contributed by atoms with E-state index in [1.165, 1.54) is 17.2 Å². The third kappa shape index (κ3) is 11.9. The van der Waals surface area contributed by atoms with Crippen LogP contribution >= 0.6 is 0 Å². The van der Waals surface area contributed by atoms with Gasteiger partial charge in [0.2, 0.25) is 5.91 Å². The number of hydrogen-bond acceptors (Lipinski definition) is 6. The Labute approximate surface area is 237 Å². The normalized spacial score (nSPS) is 18.5. The molecule has 40 heavy (non-hydrogen) atoms. The van der Waals surface area contributed by atoms with E-state index in [0.717, 1.165) is 4.90 Å². The summed E-state index contributed by atoms with van der Waals surface area (Å²) in [5, 5.41) is 0. The van der Waals surface area contributed by atoms with E-state index in [1.807, 2.05) is 39.8 Å². The van der Waals surface area contributed by atoms with Crippen molar-refractivity contribution in [2.24, 2.45) is 4.99 Å². The van der Waals surface area contributed by atoms with Crippen LogP contribution in [0.5, 0.6) is 0 Å². The Bertz CT molecular complexity index is 1080. The zero-order valence-electron chi connectivity index (χ0n) is 24.2. The number of halogens is 1. The molecule has 2 rings (SSSR count). The van der Waals surface area contributed by atoms with Gasteiger partial charge >= 0.3 is 0 Å². The van der Waals surface area contributed by atoms with Gasteiger partial charge in [0, 0.05) is 36.7 Å². The van der Waals surface area contributed by atoms with Crippen LogP contribution in [0.2, 0.25) is 0 Å². The molecule has 9 heteroatoms. The van der Waals surface area contributed by atoms with E-state index in [0.29, 0.717) is 18.1 Å². The fourth-order valence-electron chi connectivity index (χ4n) is 3.49. The molecule has 0 aromatic heterocycles. The fourth-order valence-corrected chi connectivity index (χ4v) is 3.49. The molecule has 0 spiro atoms. The highest BCUT2D eigenvalue weighted by atomic mass is 19.1. The topological polar surface area (TPSA) is 88.5 Å². The number of alkyl halides is 1. The third-order valence-corrected chi connectivity index (χ3v) is 5.25. The van der Waals surface area contributed by atoms with Gasteiger partial charge < -0.3 is 9.47 Å². The summed E-state index contributed by atoms with van der Waals surface area (Å²) < 4.78 is 22.8. The van der Waals surface area contributed by atoms with Gasteiger partial charge in [-0.25, -0.2) is 4.39 Å². The molecule has 2 aliphatic rings. The second-order valence-corrected chi connectivity index (χ2v) is 8.44. The van der Waals surface area contributed by atoms with Crippen molar-refractivity contribution in [2.45, 2.75) is 53.6 Å². The second kappa shape index (κ2) is 20.1. The van der Waals surface area contributed by atoms with E-state index in [2.05, 4.69) is 4.99 Å². The molecule has 0 aromatic rings. The molecule has 2 aliphatic heterocycles. The molecule has 0 aromatic carbocycles. The highest BCUT2D eigenvalue weighted by molar-refractivity contribution is 6.17. The van der Waals surface area contributed by atoms with E-state index in [-0.39, 0.29) is 50.2 Å². The van der Waals surface area contributed by atoms with Gasteiger partial charge in [-0.2, -0.15) is 0 Å². The summed E-state index contributed by atoms with van der Waals surface area (Å²) in [5.41, 5.74) is 0.829. The van der Waals surface area contributed by atoms with Gasteiger partial charge in [-0.05, 0) is 39.0 Å². The maximum absolute atomic E-state index is 13.2. The quantitative estimate of drug-likeness (QED) is 0.132. The van der Waals surface area contributed by atoms with E-state index in [1.54, 1.807) is 55.5 Å². The van der Waals surface area contributed by atoms with Gasteiger partial charge in [0.15, 0.2) is 0 Å². The third-order valence-electron chi connectivity index (χ3n) is 5.25. The molecule has 0 N–H and O–H groups in total. The largest absolute Gasteiger partial charge is 0.499 e. The van der Waals surface area contributed by atoms with Crippen molar-refractivity contribution in [1.82, 2.24) is 9.80 Å². The average Bonchev–Trinajstić information content (AvgIpc) is 3.21. The number of hydrogen-bond donors (Lipinski definition) is 0. The summed E-state index contributed by atoms with van der Waals surface area (Å²) >= 11 is 0. The predicted octanol–water partition coefficient (Wildman–Crippen LogP) is 5.38. The summed E-state index contributed by atoms with van der Waals surface area (Å²) in [6, 6.07) is 0. The number of carbonyl (C=O) groups is 3. The van der Waals surface area contributed by atoms with Gasteiger partial charge in [0.25, 0.3) is 11.8 Å². The highest BCUT2D eigenvalue weighted by Gasteiger charge is 2.30. The Morgan fingerprint density at radius 1 is 1.15 bits per heavy atom. The number of carbonyl (C=O) groups excluding carboxylic acids is 3. The molecule has 0 fully saturated rings. The molecule has 0 saturated carbocycles. The van der Waals surface area contributed by atoms with E-state index >= 15 is 0 Å². The summed E-state index contributed by atoms with van der Waals surface area (Å²) in [6.07, 6.45) is 20.4. The number of imide groups is 1. The van der Waals surface area contributed by atoms with Crippen molar-refractivity contribution < 1.29 is 28.2 Å². The number of ether oxygens (including phenoxy) is 2. The minimum absolute atomic E-state index is 0.00684. The van der Waals surface area contributed by atoms with Crippen LogP contribution in [0.25, 0.3) is 0 Å². The van der Waals surface area contributed by atoms with E-state index in [9.17, 15) is 18.8 Å². The summed E-state index contributed by atoms with van der Waals surface area (Å²) in [6.45, 7) is 9.58. The second-order valence-electron chi connectivity index (χ2n) is 8.44. The summed E-state index contributed by atoms with van der Waals surface area (Å²) in [7, 11) is 0. The molecule has 0 atom stereocenters. The van der Waals surface area contributed by atoms with Crippen LogP contribution in [0.4, 0.5) is 4.39 Å². The fraction of sp³-hybridized carbons (Fsp3) is 0.419. The first-order valence-electron chi connectivity index (χ1n) is 13.6. The number of allylic oxidation sites excluding steroid dienone is 6. The summed E-state index contributed by atoms with van der Waals surface area (Å²) in [4.78, 5) is 45.9. The Morgan fingerprint density at radius 3 is 2.60 bits per heavy atom. The predicted molar refractivity (Wildman–Crippen MR) is 157 cm³/mol. The zero-order chi connectivity index (χ0) is 29.8. The molecule has 2 heterocycles. The van der Waals surface area contributed by atoms with Crippen LogP contribution in [0.1, 0.15) is 47.5 Å². The molecule has 218 valence electrons. The lowest BCUT2D eigenvalue weighted by Crippen LogP contribution is -2.39. The van der Waals surface area contributed by atoms with Crippen molar-refractivity contribution in [3.8, 4) is 0 Å². The van der Waals surface area contributed by atoms with Crippen LogP contribution in [0.15, 0.2) is 89.4 Å². The monoisotopic (exact) mass is 555 g/mol. The van der Waals surface area contributed by atoms with Gasteiger partial charge in [-0.1, -0.05) is 56.4 Å². The maximum atomic E-state index is 13.2. The smallest absolute Gasteiger partial charge is 0.260 e. The van der Waals surface area contributed by atoms with Crippen molar-refractivity contribution in [3.63, 3.8) is 0 Å². The highest BCUT2D eigenvalue weighted by Crippen LogP contribution is 2.18. The molecule has 0 unspecified atom stereocenters. The van der Waals surface area contributed by atoms with E-state index < -0.39 is 18.5 Å². The lowest BCUT2D eigenvalue weighted by molar-refractivity contribution is -0.136. The first kappa shape index (κ1) is 34.2. The van der Waals surface area contributed by atoms with Crippen LogP contribution in [0, 0.1) is 0 Å². The number of aliphatic imine (C=N–C) groups is 1. The van der Waals surface area contributed by atoms with Gasteiger partial charge in [-0.3, -0.25) is 29.2 Å². The summed E-state index contributed by atoms with van der Waals surface area (Å²) in [5.74, 6) is -0.624. The van der Waals surface area contributed by atoms with Crippen molar-refractivity contribution in [1.29, 1.82) is 0 Å². The Kier molecular flexibility index (Phi) is 17.2. The van der Waals surface area contributed by atoms with Crippen LogP contribution < -0.4 is 0 Å². The molecule has 0 saturated heterocycles. The van der Waals surface area contributed by atoms with Gasteiger partial charge in [0.05, 0.1) is 32.1 Å². The Hall–Kier alpha value is -3.85. The standard InChI is InChI=1S/C29H36FN3O5.C2H6/c1-4-25(13-11-19-37-21-16-30)33-26(31-17-9-6-5-7-14-27(33)34)15-18-32-28(35)22-24(29(32)36)12-8-10-20-38-23(2)3;1-2/h4-13,20,22-23H,14-19,21H2,1-3H3;1-2H3/b7-5-,9-6-,12-8-,13-11-,20-10+,25-4+,31-26?;. The molecule has 0 aliphatic carbocycles. The van der Waals surface area contributed by atoms with Crippen molar-refractivity contribution in [3.05, 3.63) is 84.4 Å². The SMILES string of the molecule is C/C=C(\C=C/COCCF)N1C(=O)C/C=C\C=C/CN=C1CCN1C(=O)C=C(/C=C\C=C\OC(C)C)C1=O.CC. The first-order chi connectivity index (χ1) is 19.4. The van der Waals surface area contributed by atoms with Crippen molar-refractivity contribution >= 4 is 23.6 Å². The Balaban J connectivity index is 0.00000391. The van der Waals surface area contributed by atoms with Crippen LogP contribution in [-0.4, -0.2) is 72.4 Å². The first-order valence-corrected chi connectivity index (χ1v) is 13.6. The Morgan fingerprint density at radius 2 is 1.90 bits per heavy atom. The number of rotatable bonds is 13. The maximum Gasteiger partial charge on any atom is 0.260 e. The number of nitrogens with zero attached hydrogens (tertiary/aromatic N) is 3. The van der Waals surface area contributed by atoms with Crippen LogP contribution in [0.3, 0.4) is 0 Å². The number of amides is 3.